The zero-order valence-corrected chi connectivity index (χ0v) is 15.9. The van der Waals surface area contributed by atoms with E-state index in [2.05, 4.69) is 4.98 Å². The molecule has 1 aliphatic heterocycles. The minimum Gasteiger partial charge on any atom is -0.376 e. The van der Waals surface area contributed by atoms with E-state index < -0.39 is 11.7 Å². The maximum Gasteiger partial charge on any atom is 0.301 e. The first-order valence-electron chi connectivity index (χ1n) is 9.02. The van der Waals surface area contributed by atoms with E-state index >= 15 is 0 Å². The van der Waals surface area contributed by atoms with Gasteiger partial charge in [0, 0.05) is 12.2 Å². The molecule has 1 unspecified atom stereocenters. The van der Waals surface area contributed by atoms with Gasteiger partial charge in [0.05, 0.1) is 22.9 Å². The number of aromatic nitrogens is 1. The van der Waals surface area contributed by atoms with Crippen molar-refractivity contribution >= 4 is 38.4 Å². The number of Topliss-reactive ketones (excluding diaryl/α,β-unsaturated/α-hetero) is 1. The number of hydrogen-bond acceptors (Lipinski definition) is 5. The molecular weight excluding hydrogens is 360 g/mol. The molecule has 0 bridgehead atoms. The summed E-state index contributed by atoms with van der Waals surface area (Å²) < 4.78 is 6.69. The molecule has 138 valence electrons. The largest absolute Gasteiger partial charge is 0.376 e. The van der Waals surface area contributed by atoms with E-state index in [-0.39, 0.29) is 6.10 Å². The summed E-state index contributed by atoms with van der Waals surface area (Å²) in [7, 11) is 0. The van der Waals surface area contributed by atoms with Gasteiger partial charge < -0.3 is 4.74 Å². The quantitative estimate of drug-likeness (QED) is 0.496. The highest BCUT2D eigenvalue weighted by molar-refractivity contribution is 7.22. The Labute approximate surface area is 161 Å². The Hall–Kier alpha value is -2.57. The van der Waals surface area contributed by atoms with Crippen LogP contribution >= 0.6 is 11.3 Å². The summed E-state index contributed by atoms with van der Waals surface area (Å²) in [5.41, 5.74) is 2.26. The summed E-state index contributed by atoms with van der Waals surface area (Å²) in [6.45, 7) is 2.98. The van der Waals surface area contributed by atoms with Crippen LogP contribution in [0.4, 0.5) is 5.13 Å². The predicted octanol–water partition coefficient (Wildman–Crippen LogP) is 4.00. The molecule has 27 heavy (non-hydrogen) atoms. The van der Waals surface area contributed by atoms with Crippen molar-refractivity contribution in [1.29, 1.82) is 0 Å². The Balaban J connectivity index is 1.66. The summed E-state index contributed by atoms with van der Waals surface area (Å²) >= 11 is 1.42. The normalized spacial score (nSPS) is 16.6. The van der Waals surface area contributed by atoms with Gasteiger partial charge >= 0.3 is 5.91 Å². The minimum absolute atomic E-state index is 0.0632. The van der Waals surface area contributed by atoms with Crippen LogP contribution in [0.25, 0.3) is 10.2 Å². The van der Waals surface area contributed by atoms with Crippen LogP contribution in [-0.2, 0) is 9.53 Å². The number of nitrogens with zero attached hydrogens (tertiary/aromatic N) is 2. The Kier molecular flexibility index (Phi) is 5.01. The predicted molar refractivity (Wildman–Crippen MR) is 106 cm³/mol. The smallest absolute Gasteiger partial charge is 0.301 e. The molecular formula is C21H20N2O3S. The molecule has 0 N–H and O–H groups in total. The van der Waals surface area contributed by atoms with Crippen molar-refractivity contribution < 1.29 is 14.3 Å². The van der Waals surface area contributed by atoms with Gasteiger partial charge in [0.1, 0.15) is 0 Å². The number of carbonyl (C=O) groups excluding carboxylic acids is 2. The summed E-state index contributed by atoms with van der Waals surface area (Å²) in [5, 5.41) is 0.539. The molecule has 2 heterocycles. The van der Waals surface area contributed by atoms with E-state index in [1.807, 2.05) is 43.3 Å². The molecule has 1 fully saturated rings. The van der Waals surface area contributed by atoms with Crippen molar-refractivity contribution in [2.24, 2.45) is 0 Å². The van der Waals surface area contributed by atoms with E-state index in [0.29, 0.717) is 23.8 Å². The van der Waals surface area contributed by atoms with Crippen LogP contribution in [0.1, 0.15) is 28.8 Å². The van der Waals surface area contributed by atoms with Gasteiger partial charge in [-0.1, -0.05) is 53.3 Å². The first-order valence-corrected chi connectivity index (χ1v) is 9.83. The van der Waals surface area contributed by atoms with E-state index in [0.717, 1.165) is 28.6 Å². The third kappa shape index (κ3) is 3.77. The molecule has 1 amide bonds. The number of aryl methyl sites for hydroxylation is 1. The number of para-hydroxylation sites is 1. The SMILES string of the molecule is Cc1ccc(C(=O)C(=O)N(CC2CCCO2)c2nc3ccccc3s2)cc1. The monoisotopic (exact) mass is 380 g/mol. The maximum absolute atomic E-state index is 13.1. The first kappa shape index (κ1) is 17.8. The topological polar surface area (TPSA) is 59.5 Å². The molecule has 2 aromatic carbocycles. The lowest BCUT2D eigenvalue weighted by Gasteiger charge is -2.22. The second-order valence-electron chi connectivity index (χ2n) is 6.71. The van der Waals surface area contributed by atoms with Crippen molar-refractivity contribution in [3.8, 4) is 0 Å². The van der Waals surface area contributed by atoms with Gasteiger partial charge in [-0.25, -0.2) is 4.98 Å². The molecule has 0 radical (unpaired) electrons. The fraction of sp³-hybridized carbons (Fsp3) is 0.286. The van der Waals surface area contributed by atoms with Crippen LogP contribution in [0.5, 0.6) is 0 Å². The molecule has 3 aromatic rings. The highest BCUT2D eigenvalue weighted by atomic mass is 32.1. The van der Waals surface area contributed by atoms with Crippen molar-refractivity contribution in [1.82, 2.24) is 4.98 Å². The van der Waals surface area contributed by atoms with Crippen molar-refractivity contribution in [2.75, 3.05) is 18.1 Å². The second kappa shape index (κ2) is 7.58. The third-order valence-corrected chi connectivity index (χ3v) is 5.74. The van der Waals surface area contributed by atoms with Crippen molar-refractivity contribution in [3.63, 3.8) is 0 Å². The Morgan fingerprint density at radius 2 is 1.96 bits per heavy atom. The lowest BCUT2D eigenvalue weighted by Crippen LogP contribution is -2.41. The van der Waals surface area contributed by atoms with Crippen molar-refractivity contribution in [2.45, 2.75) is 25.9 Å². The third-order valence-electron chi connectivity index (χ3n) is 4.68. The number of hydrogen-bond donors (Lipinski definition) is 0. The Bertz CT molecular complexity index is 942. The van der Waals surface area contributed by atoms with E-state index in [4.69, 9.17) is 4.74 Å². The molecule has 0 spiro atoms. The molecule has 0 aliphatic carbocycles. The first-order chi connectivity index (χ1) is 13.1. The van der Waals surface area contributed by atoms with Crippen LogP contribution < -0.4 is 4.90 Å². The zero-order valence-electron chi connectivity index (χ0n) is 15.1. The van der Waals surface area contributed by atoms with Crippen LogP contribution in [-0.4, -0.2) is 35.9 Å². The lowest BCUT2D eigenvalue weighted by atomic mass is 10.1. The van der Waals surface area contributed by atoms with Crippen molar-refractivity contribution in [3.05, 3.63) is 59.7 Å². The van der Waals surface area contributed by atoms with Gasteiger partial charge in [0.2, 0.25) is 0 Å². The standard InChI is InChI=1S/C21H20N2O3S/c1-14-8-10-15(11-9-14)19(24)20(25)23(13-16-5-4-12-26-16)21-22-17-6-2-3-7-18(17)27-21/h2-3,6-11,16H,4-5,12-13H2,1H3. The number of carbonyl (C=O) groups is 2. The number of ketones is 1. The average molecular weight is 380 g/mol. The molecule has 4 rings (SSSR count). The zero-order chi connectivity index (χ0) is 18.8. The summed E-state index contributed by atoms with van der Waals surface area (Å²) in [5.74, 6) is -1.08. The van der Waals surface area contributed by atoms with E-state index in [1.165, 1.54) is 16.2 Å². The average Bonchev–Trinajstić information content (AvgIpc) is 3.34. The minimum atomic E-state index is -0.562. The summed E-state index contributed by atoms with van der Waals surface area (Å²) in [6.07, 6.45) is 1.79. The second-order valence-corrected chi connectivity index (χ2v) is 7.72. The van der Waals surface area contributed by atoms with Crippen LogP contribution in [0.3, 0.4) is 0 Å². The van der Waals surface area contributed by atoms with Gasteiger partial charge in [0.15, 0.2) is 5.13 Å². The van der Waals surface area contributed by atoms with E-state index in [1.54, 1.807) is 12.1 Å². The number of fused-ring (bicyclic) bond motifs is 1. The van der Waals surface area contributed by atoms with E-state index in [9.17, 15) is 9.59 Å². The van der Waals surface area contributed by atoms with Gasteiger partial charge in [0.25, 0.3) is 5.78 Å². The molecule has 1 atom stereocenters. The number of anilines is 1. The highest BCUT2D eigenvalue weighted by Crippen LogP contribution is 2.30. The summed E-state index contributed by atoms with van der Waals surface area (Å²) in [4.78, 5) is 32.0. The summed E-state index contributed by atoms with van der Waals surface area (Å²) in [6, 6.07) is 14.8. The number of ether oxygens (including phenoxy) is 1. The highest BCUT2D eigenvalue weighted by Gasteiger charge is 2.30. The molecule has 5 nitrogen and oxygen atoms in total. The fourth-order valence-electron chi connectivity index (χ4n) is 3.17. The lowest BCUT2D eigenvalue weighted by molar-refractivity contribution is -0.115. The van der Waals surface area contributed by atoms with Gasteiger partial charge in [-0.05, 0) is 31.9 Å². The van der Waals surface area contributed by atoms with Gasteiger partial charge in [-0.3, -0.25) is 14.5 Å². The molecule has 6 heteroatoms. The number of rotatable bonds is 5. The fourth-order valence-corrected chi connectivity index (χ4v) is 4.14. The maximum atomic E-state index is 13.1. The number of benzene rings is 2. The van der Waals surface area contributed by atoms with Crippen LogP contribution in [0.15, 0.2) is 48.5 Å². The molecule has 1 aliphatic rings. The van der Waals surface area contributed by atoms with Gasteiger partial charge in [-0.15, -0.1) is 0 Å². The molecule has 0 saturated carbocycles. The number of amides is 1. The van der Waals surface area contributed by atoms with Crippen LogP contribution in [0.2, 0.25) is 0 Å². The Morgan fingerprint density at radius 1 is 1.19 bits per heavy atom. The van der Waals surface area contributed by atoms with Gasteiger partial charge in [-0.2, -0.15) is 0 Å². The molecule has 1 saturated heterocycles. The molecule has 1 aromatic heterocycles. The Morgan fingerprint density at radius 3 is 2.67 bits per heavy atom. The number of thiazole rings is 1. The van der Waals surface area contributed by atoms with Crippen LogP contribution in [0, 0.1) is 6.92 Å².